The van der Waals surface area contributed by atoms with Gasteiger partial charge in [-0.3, -0.25) is 14.2 Å². The number of carbonyl (C=O) groups is 1. The second-order valence-electron chi connectivity index (χ2n) is 8.06. The van der Waals surface area contributed by atoms with Crippen LogP contribution in [0.4, 0.5) is 0 Å². The van der Waals surface area contributed by atoms with Crippen molar-refractivity contribution in [3.05, 3.63) is 76.0 Å². The molecule has 1 aliphatic rings. The Bertz CT molecular complexity index is 1320. The zero-order valence-corrected chi connectivity index (χ0v) is 17.0. The molecule has 0 fully saturated rings. The van der Waals surface area contributed by atoms with Crippen molar-refractivity contribution in [2.24, 2.45) is 0 Å². The number of amides is 1. The van der Waals surface area contributed by atoms with E-state index in [1.54, 1.807) is 17.0 Å². The Morgan fingerprint density at radius 3 is 2.93 bits per heavy atom. The molecule has 2 aromatic heterocycles. The molecule has 2 aromatic carbocycles. The molecule has 5 rings (SSSR count). The lowest BCUT2D eigenvalue weighted by Gasteiger charge is -2.27. The standard InChI is InChI=1S/C24H24N4O2/c1-16-8-9-21-18(13-16)19-14-27(12-10-22(19)26-21)23(29)7-4-11-28-15-25-20-6-3-2-5-17(20)24(28)30/h2-3,5-6,8-9,13,15,26H,4,7,10-12,14H2,1H3. The molecule has 6 nitrogen and oxygen atoms in total. The monoisotopic (exact) mass is 400 g/mol. The van der Waals surface area contributed by atoms with Crippen molar-refractivity contribution < 1.29 is 4.79 Å². The van der Waals surface area contributed by atoms with Gasteiger partial charge in [0.15, 0.2) is 0 Å². The molecule has 0 bridgehead atoms. The normalized spacial score (nSPS) is 13.7. The van der Waals surface area contributed by atoms with Crippen LogP contribution >= 0.6 is 0 Å². The van der Waals surface area contributed by atoms with E-state index in [0.717, 1.165) is 18.5 Å². The van der Waals surface area contributed by atoms with Gasteiger partial charge in [0.05, 0.1) is 17.2 Å². The first kappa shape index (κ1) is 18.6. The number of benzene rings is 2. The predicted octanol–water partition coefficient (Wildman–Crippen LogP) is 3.55. The molecule has 152 valence electrons. The number of hydrogen-bond donors (Lipinski definition) is 1. The first-order chi connectivity index (χ1) is 14.6. The summed E-state index contributed by atoms with van der Waals surface area (Å²) < 4.78 is 1.60. The van der Waals surface area contributed by atoms with Crippen LogP contribution in [0.2, 0.25) is 0 Å². The summed E-state index contributed by atoms with van der Waals surface area (Å²) in [4.78, 5) is 35.2. The quantitative estimate of drug-likeness (QED) is 0.569. The van der Waals surface area contributed by atoms with E-state index in [1.165, 1.54) is 22.2 Å². The highest BCUT2D eigenvalue weighted by Gasteiger charge is 2.23. The molecule has 0 atom stereocenters. The Labute approximate surface area is 174 Å². The lowest BCUT2D eigenvalue weighted by atomic mass is 10.0. The van der Waals surface area contributed by atoms with Gasteiger partial charge in [0.1, 0.15) is 0 Å². The van der Waals surface area contributed by atoms with Crippen LogP contribution in [-0.4, -0.2) is 31.9 Å². The van der Waals surface area contributed by atoms with Crippen LogP contribution in [-0.2, 0) is 24.3 Å². The van der Waals surface area contributed by atoms with Crippen LogP contribution < -0.4 is 5.56 Å². The van der Waals surface area contributed by atoms with E-state index in [-0.39, 0.29) is 11.5 Å². The Kier molecular flexibility index (Phi) is 4.62. The lowest BCUT2D eigenvalue weighted by molar-refractivity contribution is -0.132. The smallest absolute Gasteiger partial charge is 0.261 e. The molecular weight excluding hydrogens is 376 g/mol. The van der Waals surface area contributed by atoms with Crippen LogP contribution in [0.15, 0.2) is 53.6 Å². The van der Waals surface area contributed by atoms with Gasteiger partial charge < -0.3 is 9.88 Å². The maximum atomic E-state index is 12.8. The average Bonchev–Trinajstić information content (AvgIpc) is 3.12. The number of aromatic nitrogens is 3. The molecule has 4 aromatic rings. The molecule has 1 N–H and O–H groups in total. The Hall–Kier alpha value is -3.41. The van der Waals surface area contributed by atoms with Gasteiger partial charge in [-0.1, -0.05) is 23.8 Å². The Morgan fingerprint density at radius 2 is 2.03 bits per heavy atom. The summed E-state index contributed by atoms with van der Waals surface area (Å²) >= 11 is 0. The fraction of sp³-hybridized carbons (Fsp3) is 0.292. The van der Waals surface area contributed by atoms with E-state index in [4.69, 9.17) is 0 Å². The van der Waals surface area contributed by atoms with Gasteiger partial charge in [-0.2, -0.15) is 0 Å². The van der Waals surface area contributed by atoms with Gasteiger partial charge in [-0.05, 0) is 37.6 Å². The van der Waals surface area contributed by atoms with Crippen molar-refractivity contribution in [2.75, 3.05) is 6.54 Å². The molecule has 1 amide bonds. The SMILES string of the molecule is Cc1ccc2[nH]c3c(c2c1)CN(C(=O)CCCn1cnc2ccccc2c1=O)CC3. The third-order valence-corrected chi connectivity index (χ3v) is 6.00. The van der Waals surface area contributed by atoms with Crippen molar-refractivity contribution in [1.29, 1.82) is 0 Å². The van der Waals surface area contributed by atoms with Crippen LogP contribution in [0.1, 0.15) is 29.7 Å². The average molecular weight is 400 g/mol. The topological polar surface area (TPSA) is 71.0 Å². The minimum Gasteiger partial charge on any atom is -0.358 e. The van der Waals surface area contributed by atoms with Crippen LogP contribution in [0.5, 0.6) is 0 Å². The number of hydrogen-bond acceptors (Lipinski definition) is 3. The summed E-state index contributed by atoms with van der Waals surface area (Å²) in [6.07, 6.45) is 3.48. The minimum atomic E-state index is -0.0511. The summed E-state index contributed by atoms with van der Waals surface area (Å²) in [7, 11) is 0. The van der Waals surface area contributed by atoms with Crippen molar-refractivity contribution in [2.45, 2.75) is 39.3 Å². The summed E-state index contributed by atoms with van der Waals surface area (Å²) in [5, 5.41) is 1.83. The number of H-pyrrole nitrogens is 1. The van der Waals surface area contributed by atoms with Crippen molar-refractivity contribution in [1.82, 2.24) is 19.4 Å². The molecule has 3 heterocycles. The maximum absolute atomic E-state index is 12.8. The molecule has 6 heteroatoms. The van der Waals surface area contributed by atoms with Crippen molar-refractivity contribution in [3.63, 3.8) is 0 Å². The molecule has 30 heavy (non-hydrogen) atoms. The first-order valence-electron chi connectivity index (χ1n) is 10.4. The largest absolute Gasteiger partial charge is 0.358 e. The van der Waals surface area contributed by atoms with Gasteiger partial charge in [0.25, 0.3) is 5.56 Å². The zero-order chi connectivity index (χ0) is 20.7. The number of para-hydroxylation sites is 1. The molecule has 0 unspecified atom stereocenters. The second kappa shape index (κ2) is 7.44. The van der Waals surface area contributed by atoms with Crippen LogP contribution in [0, 0.1) is 6.92 Å². The minimum absolute atomic E-state index is 0.0511. The van der Waals surface area contributed by atoms with E-state index in [0.29, 0.717) is 36.8 Å². The summed E-state index contributed by atoms with van der Waals surface area (Å²) in [5.41, 5.74) is 5.50. The summed E-state index contributed by atoms with van der Waals surface area (Å²) in [6, 6.07) is 13.8. The highest BCUT2D eigenvalue weighted by molar-refractivity contribution is 5.86. The van der Waals surface area contributed by atoms with E-state index in [2.05, 4.69) is 35.1 Å². The molecule has 0 saturated carbocycles. The number of aromatic amines is 1. The van der Waals surface area contributed by atoms with Gasteiger partial charge in [-0.15, -0.1) is 0 Å². The van der Waals surface area contributed by atoms with E-state index >= 15 is 0 Å². The number of carbonyl (C=O) groups excluding carboxylic acids is 1. The molecule has 0 spiro atoms. The summed E-state index contributed by atoms with van der Waals surface area (Å²) in [5.74, 6) is 0.143. The van der Waals surface area contributed by atoms with E-state index in [1.807, 2.05) is 23.1 Å². The van der Waals surface area contributed by atoms with Crippen molar-refractivity contribution >= 4 is 27.7 Å². The third-order valence-electron chi connectivity index (χ3n) is 6.00. The van der Waals surface area contributed by atoms with Crippen molar-refractivity contribution in [3.8, 4) is 0 Å². The Morgan fingerprint density at radius 1 is 1.17 bits per heavy atom. The van der Waals surface area contributed by atoms with Gasteiger partial charge in [-0.25, -0.2) is 4.98 Å². The predicted molar refractivity (Wildman–Crippen MR) is 117 cm³/mol. The second-order valence-corrected chi connectivity index (χ2v) is 8.06. The fourth-order valence-corrected chi connectivity index (χ4v) is 4.37. The van der Waals surface area contributed by atoms with Gasteiger partial charge in [0.2, 0.25) is 5.91 Å². The molecular formula is C24H24N4O2. The number of nitrogens with one attached hydrogen (secondary N) is 1. The van der Waals surface area contributed by atoms with E-state index < -0.39 is 0 Å². The summed E-state index contributed by atoms with van der Waals surface area (Å²) in [6.45, 7) is 3.96. The molecule has 0 saturated heterocycles. The number of rotatable bonds is 4. The number of aryl methyl sites for hydroxylation is 2. The molecule has 0 aliphatic carbocycles. The Balaban J connectivity index is 1.26. The molecule has 1 aliphatic heterocycles. The highest BCUT2D eigenvalue weighted by Crippen LogP contribution is 2.28. The van der Waals surface area contributed by atoms with Gasteiger partial charge >= 0.3 is 0 Å². The molecule has 0 radical (unpaired) electrons. The highest BCUT2D eigenvalue weighted by atomic mass is 16.2. The third kappa shape index (κ3) is 3.28. The van der Waals surface area contributed by atoms with Crippen LogP contribution in [0.25, 0.3) is 21.8 Å². The van der Waals surface area contributed by atoms with E-state index in [9.17, 15) is 9.59 Å². The fourth-order valence-electron chi connectivity index (χ4n) is 4.37. The van der Waals surface area contributed by atoms with Crippen LogP contribution in [0.3, 0.4) is 0 Å². The first-order valence-corrected chi connectivity index (χ1v) is 10.4. The number of nitrogens with zero attached hydrogens (tertiary/aromatic N) is 3. The van der Waals surface area contributed by atoms with Gasteiger partial charge in [0, 0.05) is 54.6 Å². The maximum Gasteiger partial charge on any atom is 0.261 e. The number of fused-ring (bicyclic) bond motifs is 4. The lowest BCUT2D eigenvalue weighted by Crippen LogP contribution is -2.35. The zero-order valence-electron chi connectivity index (χ0n) is 17.0.